The summed E-state index contributed by atoms with van der Waals surface area (Å²) in [5.74, 6) is 0. The van der Waals surface area contributed by atoms with E-state index in [2.05, 4.69) is 17.9 Å². The van der Waals surface area contributed by atoms with Gasteiger partial charge in [0.25, 0.3) is 0 Å². The van der Waals surface area contributed by atoms with Crippen LogP contribution < -0.4 is 5.73 Å². The lowest BCUT2D eigenvalue weighted by atomic mass is 9.93. The Hall–Kier alpha value is -0.590. The maximum absolute atomic E-state index is 8.94. The molecule has 0 aromatic carbocycles. The Balaban J connectivity index is 2.24. The van der Waals surface area contributed by atoms with Crippen molar-refractivity contribution in [2.75, 3.05) is 13.1 Å². The van der Waals surface area contributed by atoms with Gasteiger partial charge in [0.2, 0.25) is 0 Å². The molecule has 0 aromatic rings. The molecule has 0 bridgehead atoms. The SMILES string of the molecule is CCC(N)(C#N)CCCN1CCCC1C. The van der Waals surface area contributed by atoms with Crippen molar-refractivity contribution in [3.05, 3.63) is 0 Å². The molecule has 0 aliphatic carbocycles. The second-order valence-corrected chi connectivity index (χ2v) is 4.75. The van der Waals surface area contributed by atoms with Crippen LogP contribution in [0, 0.1) is 11.3 Å². The standard InChI is InChI=1S/C12H23N3/c1-3-12(14,10-13)7-5-9-15-8-4-6-11(15)2/h11H,3-9,14H2,1-2H3. The molecule has 86 valence electrons. The smallest absolute Gasteiger partial charge is 0.104 e. The highest BCUT2D eigenvalue weighted by atomic mass is 15.2. The van der Waals surface area contributed by atoms with E-state index >= 15 is 0 Å². The Kier molecular flexibility index (Phi) is 4.56. The molecule has 1 saturated heterocycles. The summed E-state index contributed by atoms with van der Waals surface area (Å²) >= 11 is 0. The largest absolute Gasteiger partial charge is 0.313 e. The molecule has 0 spiro atoms. The number of hydrogen-bond acceptors (Lipinski definition) is 3. The topological polar surface area (TPSA) is 53.1 Å². The summed E-state index contributed by atoms with van der Waals surface area (Å²) in [6.07, 6.45) is 5.26. The molecule has 1 aliphatic heterocycles. The first kappa shape index (κ1) is 12.5. The molecule has 1 heterocycles. The quantitative estimate of drug-likeness (QED) is 0.752. The molecule has 3 heteroatoms. The average Bonchev–Trinajstić information content (AvgIpc) is 2.64. The second kappa shape index (κ2) is 5.48. The van der Waals surface area contributed by atoms with Gasteiger partial charge in [0.1, 0.15) is 5.54 Å². The van der Waals surface area contributed by atoms with Crippen LogP contribution in [0.5, 0.6) is 0 Å². The van der Waals surface area contributed by atoms with E-state index in [0.29, 0.717) is 0 Å². The molecule has 0 amide bonds. The van der Waals surface area contributed by atoms with Crippen LogP contribution in [0.4, 0.5) is 0 Å². The molecular formula is C12H23N3. The van der Waals surface area contributed by atoms with Gasteiger partial charge in [-0.1, -0.05) is 6.92 Å². The zero-order chi connectivity index (χ0) is 11.3. The van der Waals surface area contributed by atoms with Crippen LogP contribution >= 0.6 is 0 Å². The zero-order valence-electron chi connectivity index (χ0n) is 10.00. The normalized spacial score (nSPS) is 26.1. The number of nitriles is 1. The molecule has 2 atom stereocenters. The Morgan fingerprint density at radius 1 is 1.60 bits per heavy atom. The summed E-state index contributed by atoms with van der Waals surface area (Å²) in [6, 6.07) is 2.95. The van der Waals surface area contributed by atoms with Gasteiger partial charge in [-0.2, -0.15) is 5.26 Å². The van der Waals surface area contributed by atoms with Crippen molar-refractivity contribution in [2.45, 2.75) is 57.5 Å². The van der Waals surface area contributed by atoms with Crippen molar-refractivity contribution in [1.29, 1.82) is 5.26 Å². The molecule has 2 unspecified atom stereocenters. The molecule has 1 aliphatic rings. The number of hydrogen-bond donors (Lipinski definition) is 1. The molecule has 0 saturated carbocycles. The first-order chi connectivity index (χ1) is 7.11. The summed E-state index contributed by atoms with van der Waals surface area (Å²) in [6.45, 7) is 6.59. The summed E-state index contributed by atoms with van der Waals surface area (Å²) in [5, 5.41) is 8.94. The average molecular weight is 209 g/mol. The predicted molar refractivity (Wildman–Crippen MR) is 62.3 cm³/mol. The van der Waals surface area contributed by atoms with Crippen molar-refractivity contribution in [1.82, 2.24) is 4.90 Å². The first-order valence-electron chi connectivity index (χ1n) is 6.05. The van der Waals surface area contributed by atoms with E-state index in [4.69, 9.17) is 11.0 Å². The molecule has 0 aromatic heterocycles. The Bertz CT molecular complexity index is 234. The van der Waals surface area contributed by atoms with Crippen molar-refractivity contribution in [3.8, 4) is 6.07 Å². The van der Waals surface area contributed by atoms with E-state index < -0.39 is 5.54 Å². The van der Waals surface area contributed by atoms with E-state index in [0.717, 1.165) is 31.8 Å². The van der Waals surface area contributed by atoms with Gasteiger partial charge in [-0.3, -0.25) is 0 Å². The lowest BCUT2D eigenvalue weighted by molar-refractivity contribution is 0.255. The maximum atomic E-state index is 8.94. The Labute approximate surface area is 93.2 Å². The van der Waals surface area contributed by atoms with Crippen molar-refractivity contribution < 1.29 is 0 Å². The fraction of sp³-hybridized carbons (Fsp3) is 0.917. The molecule has 2 N–H and O–H groups in total. The lowest BCUT2D eigenvalue weighted by Crippen LogP contribution is -2.38. The molecular weight excluding hydrogens is 186 g/mol. The zero-order valence-corrected chi connectivity index (χ0v) is 10.00. The third-order valence-electron chi connectivity index (χ3n) is 3.61. The highest BCUT2D eigenvalue weighted by molar-refractivity contribution is 5.03. The molecule has 3 nitrogen and oxygen atoms in total. The minimum atomic E-state index is -0.594. The van der Waals surface area contributed by atoms with E-state index in [1.54, 1.807) is 0 Å². The summed E-state index contributed by atoms with van der Waals surface area (Å²) in [7, 11) is 0. The summed E-state index contributed by atoms with van der Waals surface area (Å²) < 4.78 is 0. The number of nitrogens with zero attached hydrogens (tertiary/aromatic N) is 2. The van der Waals surface area contributed by atoms with Gasteiger partial charge in [-0.25, -0.2) is 0 Å². The van der Waals surface area contributed by atoms with E-state index in [-0.39, 0.29) is 0 Å². The van der Waals surface area contributed by atoms with Crippen molar-refractivity contribution in [3.63, 3.8) is 0 Å². The van der Waals surface area contributed by atoms with Gasteiger partial charge >= 0.3 is 0 Å². The van der Waals surface area contributed by atoms with Gasteiger partial charge in [0, 0.05) is 6.04 Å². The van der Waals surface area contributed by atoms with E-state index in [1.807, 2.05) is 6.92 Å². The molecule has 0 radical (unpaired) electrons. The molecule has 1 fully saturated rings. The number of likely N-dealkylation sites (tertiary alicyclic amines) is 1. The minimum absolute atomic E-state index is 0.594. The van der Waals surface area contributed by atoms with Crippen molar-refractivity contribution >= 4 is 0 Å². The van der Waals surface area contributed by atoms with Gasteiger partial charge in [-0.05, 0) is 52.1 Å². The van der Waals surface area contributed by atoms with Crippen LogP contribution in [0.15, 0.2) is 0 Å². The van der Waals surface area contributed by atoms with E-state index in [9.17, 15) is 0 Å². The molecule has 15 heavy (non-hydrogen) atoms. The van der Waals surface area contributed by atoms with Gasteiger partial charge in [-0.15, -0.1) is 0 Å². The van der Waals surface area contributed by atoms with Crippen LogP contribution in [0.25, 0.3) is 0 Å². The van der Waals surface area contributed by atoms with Crippen LogP contribution in [0.3, 0.4) is 0 Å². The van der Waals surface area contributed by atoms with E-state index in [1.165, 1.54) is 19.4 Å². The van der Waals surface area contributed by atoms with Crippen LogP contribution in [-0.4, -0.2) is 29.6 Å². The second-order valence-electron chi connectivity index (χ2n) is 4.75. The van der Waals surface area contributed by atoms with Gasteiger partial charge < -0.3 is 10.6 Å². The summed E-state index contributed by atoms with van der Waals surface area (Å²) in [5.41, 5.74) is 5.34. The predicted octanol–water partition coefficient (Wildman–Crippen LogP) is 1.88. The molecule has 1 rings (SSSR count). The number of rotatable bonds is 5. The fourth-order valence-corrected chi connectivity index (χ4v) is 2.23. The fourth-order valence-electron chi connectivity index (χ4n) is 2.23. The lowest BCUT2D eigenvalue weighted by Gasteiger charge is -2.24. The first-order valence-corrected chi connectivity index (χ1v) is 6.05. The highest BCUT2D eigenvalue weighted by Crippen LogP contribution is 2.19. The summed E-state index contributed by atoms with van der Waals surface area (Å²) in [4.78, 5) is 2.51. The Morgan fingerprint density at radius 2 is 2.33 bits per heavy atom. The highest BCUT2D eigenvalue weighted by Gasteiger charge is 2.24. The maximum Gasteiger partial charge on any atom is 0.104 e. The van der Waals surface area contributed by atoms with Crippen molar-refractivity contribution in [2.24, 2.45) is 5.73 Å². The van der Waals surface area contributed by atoms with Crippen LogP contribution in [-0.2, 0) is 0 Å². The van der Waals surface area contributed by atoms with Gasteiger partial charge in [0.05, 0.1) is 6.07 Å². The van der Waals surface area contributed by atoms with Crippen LogP contribution in [0.2, 0.25) is 0 Å². The van der Waals surface area contributed by atoms with Gasteiger partial charge in [0.15, 0.2) is 0 Å². The third-order valence-corrected chi connectivity index (χ3v) is 3.61. The number of nitrogens with two attached hydrogens (primary N) is 1. The monoisotopic (exact) mass is 209 g/mol. The Morgan fingerprint density at radius 3 is 2.80 bits per heavy atom. The van der Waals surface area contributed by atoms with Crippen LogP contribution in [0.1, 0.15) is 46.0 Å². The minimum Gasteiger partial charge on any atom is -0.313 e. The third kappa shape index (κ3) is 3.48.